The summed E-state index contributed by atoms with van der Waals surface area (Å²) >= 11 is 1.71. The van der Waals surface area contributed by atoms with E-state index in [1.54, 1.807) is 17.7 Å². The summed E-state index contributed by atoms with van der Waals surface area (Å²) < 4.78 is 11.9. The third-order valence-electron chi connectivity index (χ3n) is 6.69. The topological polar surface area (TPSA) is 90.6 Å². The van der Waals surface area contributed by atoms with Crippen LogP contribution >= 0.6 is 11.3 Å². The number of hydrogen-bond acceptors (Lipinski definition) is 7. The number of aryl methyl sites for hydroxylation is 1. The van der Waals surface area contributed by atoms with E-state index < -0.39 is 0 Å². The molecule has 0 radical (unpaired) electrons. The van der Waals surface area contributed by atoms with Crippen molar-refractivity contribution in [2.45, 2.75) is 57.1 Å². The second-order valence-corrected chi connectivity index (χ2v) is 9.49. The van der Waals surface area contributed by atoms with Crippen molar-refractivity contribution in [1.29, 1.82) is 0 Å². The van der Waals surface area contributed by atoms with Crippen molar-refractivity contribution in [3.8, 4) is 5.88 Å². The number of carbonyl (C=O) groups is 1. The summed E-state index contributed by atoms with van der Waals surface area (Å²) in [7, 11) is 0. The average molecular weight is 417 g/mol. The van der Waals surface area contributed by atoms with Crippen LogP contribution in [0, 0.1) is 5.92 Å². The molecule has 2 aromatic rings. The van der Waals surface area contributed by atoms with E-state index in [1.807, 2.05) is 0 Å². The number of aromatic nitrogens is 2. The average Bonchev–Trinajstić information content (AvgIpc) is 3.13. The molecular formula is C21H28N4O3S. The molecule has 29 heavy (non-hydrogen) atoms. The molecule has 2 aliphatic carbocycles. The first-order valence-electron chi connectivity index (χ1n) is 10.7. The van der Waals surface area contributed by atoms with Gasteiger partial charge in [-0.3, -0.25) is 9.69 Å². The molecule has 2 aromatic heterocycles. The van der Waals surface area contributed by atoms with Gasteiger partial charge < -0.3 is 15.2 Å². The largest absolute Gasteiger partial charge is 0.474 e. The van der Waals surface area contributed by atoms with E-state index in [4.69, 9.17) is 15.2 Å². The minimum absolute atomic E-state index is 0.0997. The first-order valence-corrected chi connectivity index (χ1v) is 11.5. The predicted octanol–water partition coefficient (Wildman–Crippen LogP) is 2.30. The van der Waals surface area contributed by atoms with Crippen LogP contribution in [0.4, 0.5) is 0 Å². The highest BCUT2D eigenvalue weighted by atomic mass is 32.1. The molecule has 0 spiro atoms. The van der Waals surface area contributed by atoms with Gasteiger partial charge in [0, 0.05) is 29.9 Å². The first-order chi connectivity index (χ1) is 14.2. The summed E-state index contributed by atoms with van der Waals surface area (Å²) in [4.78, 5) is 25.5. The van der Waals surface area contributed by atoms with Gasteiger partial charge in [0.1, 0.15) is 17.3 Å². The number of thiophene rings is 1. The van der Waals surface area contributed by atoms with Crippen molar-refractivity contribution in [3.63, 3.8) is 0 Å². The number of carbonyl (C=O) groups excluding carboxylic acids is 1. The molecule has 0 unspecified atom stereocenters. The van der Waals surface area contributed by atoms with Crippen molar-refractivity contribution in [1.82, 2.24) is 14.9 Å². The second kappa shape index (κ2) is 8.16. The third kappa shape index (κ3) is 3.85. The van der Waals surface area contributed by atoms with Crippen molar-refractivity contribution in [2.75, 3.05) is 26.3 Å². The molecule has 8 heteroatoms. The summed E-state index contributed by atoms with van der Waals surface area (Å²) in [6, 6.07) is 0.648. The molecule has 0 bridgehead atoms. The summed E-state index contributed by atoms with van der Waals surface area (Å²) in [6.45, 7) is 3.80. The zero-order chi connectivity index (χ0) is 19.8. The Bertz CT molecular complexity index is 887. The number of nitrogens with two attached hydrogens (primary N) is 1. The van der Waals surface area contributed by atoms with Gasteiger partial charge in [-0.1, -0.05) is 0 Å². The Balaban J connectivity index is 1.31. The van der Waals surface area contributed by atoms with E-state index in [0.717, 1.165) is 75.0 Å². The standard InChI is InChI=1S/C21H28N4O3S/c22-19(26)13-1-6-17-16(11-13)18-20(23-12-24-21(18)29-17)28-15-4-2-14(3-5-15)25-7-9-27-10-8-25/h12-15H,1-11H2,(H2,22,26)/t13-,14-,15-/m0/s1. The van der Waals surface area contributed by atoms with Gasteiger partial charge in [0.25, 0.3) is 0 Å². The number of primary amides is 1. The minimum Gasteiger partial charge on any atom is -0.474 e. The number of morpholine rings is 1. The third-order valence-corrected chi connectivity index (χ3v) is 7.89. The highest BCUT2D eigenvalue weighted by Gasteiger charge is 2.31. The Labute approximate surface area is 174 Å². The van der Waals surface area contributed by atoms with Crippen LogP contribution in [0.2, 0.25) is 0 Å². The Morgan fingerprint density at radius 2 is 1.97 bits per heavy atom. The van der Waals surface area contributed by atoms with E-state index in [2.05, 4.69) is 14.9 Å². The molecular weight excluding hydrogens is 388 g/mol. The fourth-order valence-electron chi connectivity index (χ4n) is 5.04. The first kappa shape index (κ1) is 19.2. The lowest BCUT2D eigenvalue weighted by atomic mass is 9.87. The highest BCUT2D eigenvalue weighted by molar-refractivity contribution is 7.18. The maximum Gasteiger partial charge on any atom is 0.225 e. The molecule has 156 valence electrons. The van der Waals surface area contributed by atoms with Crippen LogP contribution in [0.5, 0.6) is 5.88 Å². The molecule has 2 N–H and O–H groups in total. The lowest BCUT2D eigenvalue weighted by Gasteiger charge is -2.38. The van der Waals surface area contributed by atoms with Gasteiger partial charge in [-0.2, -0.15) is 0 Å². The molecule has 3 aliphatic rings. The van der Waals surface area contributed by atoms with Gasteiger partial charge in [0.05, 0.1) is 18.6 Å². The van der Waals surface area contributed by atoms with Gasteiger partial charge in [0.15, 0.2) is 0 Å². The predicted molar refractivity (Wildman–Crippen MR) is 111 cm³/mol. The number of rotatable bonds is 4. The number of ether oxygens (including phenoxy) is 2. The lowest BCUT2D eigenvalue weighted by Crippen LogP contribution is -2.46. The molecule has 1 saturated heterocycles. The van der Waals surface area contributed by atoms with E-state index in [-0.39, 0.29) is 17.9 Å². The molecule has 1 aliphatic heterocycles. The molecule has 1 amide bonds. The molecule has 0 aromatic carbocycles. The van der Waals surface area contributed by atoms with Gasteiger partial charge in [-0.25, -0.2) is 9.97 Å². The zero-order valence-corrected chi connectivity index (χ0v) is 17.5. The van der Waals surface area contributed by atoms with Crippen LogP contribution in [-0.2, 0) is 22.4 Å². The van der Waals surface area contributed by atoms with E-state index in [9.17, 15) is 4.79 Å². The van der Waals surface area contributed by atoms with Crippen molar-refractivity contribution < 1.29 is 14.3 Å². The van der Waals surface area contributed by atoms with Crippen LogP contribution in [0.15, 0.2) is 6.33 Å². The molecule has 2 fully saturated rings. The SMILES string of the molecule is NC(=O)[C@H]1CCc2sc3ncnc(O[C@H]4CC[C@H](N5CCOCC5)CC4)c3c2C1. The zero-order valence-electron chi connectivity index (χ0n) is 16.6. The maximum atomic E-state index is 11.7. The van der Waals surface area contributed by atoms with Gasteiger partial charge >= 0.3 is 0 Å². The van der Waals surface area contributed by atoms with Gasteiger partial charge in [-0.05, 0) is 50.5 Å². The molecule has 1 saturated carbocycles. The monoisotopic (exact) mass is 416 g/mol. The Kier molecular flexibility index (Phi) is 5.41. The molecule has 5 rings (SSSR count). The molecule has 3 heterocycles. The summed E-state index contributed by atoms with van der Waals surface area (Å²) in [5.41, 5.74) is 6.77. The highest BCUT2D eigenvalue weighted by Crippen LogP contribution is 2.41. The van der Waals surface area contributed by atoms with Gasteiger partial charge in [0.2, 0.25) is 11.8 Å². The normalized spacial score (nSPS) is 28.2. The fourth-order valence-corrected chi connectivity index (χ4v) is 6.21. The number of nitrogens with zero attached hydrogens (tertiary/aromatic N) is 3. The quantitative estimate of drug-likeness (QED) is 0.823. The smallest absolute Gasteiger partial charge is 0.225 e. The van der Waals surface area contributed by atoms with E-state index in [0.29, 0.717) is 18.3 Å². The van der Waals surface area contributed by atoms with Crippen molar-refractivity contribution in [3.05, 3.63) is 16.8 Å². The Morgan fingerprint density at radius 1 is 1.17 bits per heavy atom. The Hall–Kier alpha value is -1.77. The van der Waals surface area contributed by atoms with Crippen molar-refractivity contribution >= 4 is 27.5 Å². The van der Waals surface area contributed by atoms with Crippen LogP contribution in [-0.4, -0.2) is 59.2 Å². The number of hydrogen-bond donors (Lipinski definition) is 1. The van der Waals surface area contributed by atoms with Gasteiger partial charge in [-0.15, -0.1) is 11.3 Å². The van der Waals surface area contributed by atoms with Crippen molar-refractivity contribution in [2.24, 2.45) is 11.7 Å². The van der Waals surface area contributed by atoms with Crippen LogP contribution in [0.25, 0.3) is 10.2 Å². The Morgan fingerprint density at radius 3 is 2.72 bits per heavy atom. The van der Waals surface area contributed by atoms with Crippen LogP contribution in [0.1, 0.15) is 42.5 Å². The summed E-state index contributed by atoms with van der Waals surface area (Å²) in [6.07, 6.45) is 8.58. The number of fused-ring (bicyclic) bond motifs is 3. The van der Waals surface area contributed by atoms with Crippen LogP contribution < -0.4 is 10.5 Å². The summed E-state index contributed by atoms with van der Waals surface area (Å²) in [5.74, 6) is 0.375. The van der Waals surface area contributed by atoms with Crippen LogP contribution in [0.3, 0.4) is 0 Å². The molecule has 1 atom stereocenters. The minimum atomic E-state index is -0.212. The van der Waals surface area contributed by atoms with E-state index >= 15 is 0 Å². The maximum absolute atomic E-state index is 11.7. The molecule has 7 nitrogen and oxygen atoms in total. The fraction of sp³-hybridized carbons (Fsp3) is 0.667. The summed E-state index contributed by atoms with van der Waals surface area (Å²) in [5, 5.41) is 1.01. The lowest BCUT2D eigenvalue weighted by molar-refractivity contribution is -0.122. The second-order valence-electron chi connectivity index (χ2n) is 8.40. The van der Waals surface area contributed by atoms with E-state index in [1.165, 1.54) is 10.4 Å². The number of amides is 1.